The van der Waals surface area contributed by atoms with Crippen LogP contribution in [0.4, 0.5) is 0 Å². The van der Waals surface area contributed by atoms with Gasteiger partial charge in [-0.05, 0) is 55.8 Å². The molecule has 0 saturated heterocycles. The van der Waals surface area contributed by atoms with Crippen LogP contribution < -0.4 is 0 Å². The lowest BCUT2D eigenvalue weighted by molar-refractivity contribution is -0.143. The third kappa shape index (κ3) is 3.11. The van der Waals surface area contributed by atoms with Crippen LogP contribution in [0.15, 0.2) is 11.6 Å². The van der Waals surface area contributed by atoms with Gasteiger partial charge >= 0.3 is 5.97 Å². The maximum atomic E-state index is 12.9. The number of methoxy groups -OCH3 is 1. The Kier molecular flexibility index (Phi) is 5.51. The first-order valence-corrected chi connectivity index (χ1v) is 10.8. The van der Waals surface area contributed by atoms with Crippen LogP contribution in [0.25, 0.3) is 4.85 Å². The van der Waals surface area contributed by atoms with Gasteiger partial charge in [0.05, 0.1) is 7.11 Å². The monoisotopic (exact) mass is 385 g/mol. The van der Waals surface area contributed by atoms with E-state index in [1.807, 2.05) is 0 Å². The molecule has 0 aromatic carbocycles. The number of hydrogen-bond donors (Lipinski definition) is 0. The molecule has 0 spiro atoms. The highest BCUT2D eigenvalue weighted by molar-refractivity contribution is 5.92. The number of hydrogen-bond acceptors (Lipinski definition) is 3. The van der Waals surface area contributed by atoms with Gasteiger partial charge in [-0.25, -0.2) is 6.57 Å². The van der Waals surface area contributed by atoms with E-state index in [0.717, 1.165) is 38.5 Å². The lowest BCUT2D eigenvalue weighted by Gasteiger charge is -2.61. The standard InChI is InChI=1S/C24H35NO3/c1-22(2)18-13-14-23(3)16(10-8-12-20(26)28-6)9-7-11-19(23)24(18,4)15-17(25-5)21(22)27/h11,16-18H,7-10,12-15H2,1-4,6H3/t16-,17?,18-,23-,24-/m0/s1. The first-order chi connectivity index (χ1) is 13.1. The second kappa shape index (κ2) is 7.32. The molecule has 0 aliphatic heterocycles. The summed E-state index contributed by atoms with van der Waals surface area (Å²) < 4.78 is 4.80. The molecule has 3 aliphatic rings. The molecular weight excluding hydrogens is 350 g/mol. The summed E-state index contributed by atoms with van der Waals surface area (Å²) in [5, 5.41) is 0. The van der Waals surface area contributed by atoms with Gasteiger partial charge in [0.15, 0.2) is 0 Å². The van der Waals surface area contributed by atoms with Crippen molar-refractivity contribution in [3.63, 3.8) is 0 Å². The molecule has 154 valence electrons. The first-order valence-electron chi connectivity index (χ1n) is 10.8. The van der Waals surface area contributed by atoms with Crippen LogP contribution in [0.5, 0.6) is 0 Å². The number of Topliss-reactive ketones (excluding diaryl/α,β-unsaturated/α-hetero) is 1. The van der Waals surface area contributed by atoms with E-state index in [1.54, 1.807) is 0 Å². The molecule has 0 bridgehead atoms. The van der Waals surface area contributed by atoms with Crippen molar-refractivity contribution in [2.45, 2.75) is 85.1 Å². The quantitative estimate of drug-likeness (QED) is 0.371. The maximum Gasteiger partial charge on any atom is 0.305 e. The van der Waals surface area contributed by atoms with E-state index < -0.39 is 11.5 Å². The minimum Gasteiger partial charge on any atom is -0.469 e. The van der Waals surface area contributed by atoms with Crippen molar-refractivity contribution in [3.8, 4) is 0 Å². The zero-order chi connectivity index (χ0) is 20.7. The number of nitrogens with zero attached hydrogens (tertiary/aromatic N) is 1. The molecule has 0 amide bonds. The summed E-state index contributed by atoms with van der Waals surface area (Å²) in [7, 11) is 1.45. The van der Waals surface area contributed by atoms with Crippen molar-refractivity contribution < 1.29 is 14.3 Å². The summed E-state index contributed by atoms with van der Waals surface area (Å²) in [6.07, 6.45) is 9.87. The van der Waals surface area contributed by atoms with Crippen LogP contribution in [0.2, 0.25) is 0 Å². The van der Waals surface area contributed by atoms with Crippen LogP contribution in [0.1, 0.15) is 79.1 Å². The van der Waals surface area contributed by atoms with Gasteiger partial charge in [0, 0.05) is 23.7 Å². The number of carbonyl (C=O) groups excluding carboxylic acids is 2. The molecular formula is C24H35NO3. The number of rotatable bonds is 4. The Balaban J connectivity index is 1.89. The zero-order valence-corrected chi connectivity index (χ0v) is 18.1. The molecule has 4 nitrogen and oxygen atoms in total. The van der Waals surface area contributed by atoms with E-state index in [4.69, 9.17) is 11.3 Å². The first kappa shape index (κ1) is 21.1. The summed E-state index contributed by atoms with van der Waals surface area (Å²) in [5.41, 5.74) is 1.09. The number of allylic oxidation sites excluding steroid dienone is 2. The van der Waals surface area contributed by atoms with E-state index in [9.17, 15) is 9.59 Å². The van der Waals surface area contributed by atoms with Crippen LogP contribution in [-0.4, -0.2) is 24.9 Å². The Morgan fingerprint density at radius 1 is 1.25 bits per heavy atom. The van der Waals surface area contributed by atoms with Crippen molar-refractivity contribution in [2.24, 2.45) is 28.1 Å². The van der Waals surface area contributed by atoms with Crippen molar-refractivity contribution >= 4 is 11.8 Å². The normalized spacial score (nSPS) is 39.2. The molecule has 0 N–H and O–H groups in total. The lowest BCUT2D eigenvalue weighted by atomic mass is 9.42. The smallest absolute Gasteiger partial charge is 0.305 e. The highest BCUT2D eigenvalue weighted by Gasteiger charge is 2.63. The molecule has 5 atom stereocenters. The highest BCUT2D eigenvalue weighted by atomic mass is 16.5. The molecule has 4 heteroatoms. The number of esters is 1. The van der Waals surface area contributed by atoms with Crippen LogP contribution >= 0.6 is 0 Å². The lowest BCUT2D eigenvalue weighted by Crippen LogP contribution is -2.59. The molecule has 0 aromatic rings. The Hall–Kier alpha value is -1.63. The summed E-state index contributed by atoms with van der Waals surface area (Å²) in [4.78, 5) is 28.2. The molecule has 0 heterocycles. The van der Waals surface area contributed by atoms with Gasteiger partial charge in [-0.3, -0.25) is 9.59 Å². The second-order valence-corrected chi connectivity index (χ2v) is 10.2. The Bertz CT molecular complexity index is 731. The Morgan fingerprint density at radius 2 is 1.96 bits per heavy atom. The number of carbonyl (C=O) groups is 2. The molecule has 28 heavy (non-hydrogen) atoms. The van der Waals surface area contributed by atoms with Gasteiger partial charge in [0.2, 0.25) is 5.78 Å². The second-order valence-electron chi connectivity index (χ2n) is 10.2. The van der Waals surface area contributed by atoms with E-state index >= 15 is 0 Å². The summed E-state index contributed by atoms with van der Waals surface area (Å²) >= 11 is 0. The van der Waals surface area contributed by atoms with E-state index in [2.05, 4.69) is 38.6 Å². The van der Waals surface area contributed by atoms with Crippen molar-refractivity contribution in [3.05, 3.63) is 23.1 Å². The average Bonchev–Trinajstić information content (AvgIpc) is 2.65. The molecule has 1 unspecified atom stereocenters. The minimum absolute atomic E-state index is 0.0827. The number of fused-ring (bicyclic) bond motifs is 3. The highest BCUT2D eigenvalue weighted by Crippen LogP contribution is 2.67. The van der Waals surface area contributed by atoms with Crippen LogP contribution in [-0.2, 0) is 14.3 Å². The fraction of sp³-hybridized carbons (Fsp3) is 0.792. The van der Waals surface area contributed by atoms with Crippen molar-refractivity contribution in [1.29, 1.82) is 0 Å². The van der Waals surface area contributed by atoms with Gasteiger partial charge in [0.1, 0.15) is 0 Å². The van der Waals surface area contributed by atoms with Gasteiger partial charge in [-0.15, -0.1) is 0 Å². The van der Waals surface area contributed by atoms with Crippen LogP contribution in [0, 0.1) is 34.7 Å². The van der Waals surface area contributed by atoms with E-state index in [0.29, 0.717) is 24.7 Å². The van der Waals surface area contributed by atoms with E-state index in [-0.39, 0.29) is 22.6 Å². The van der Waals surface area contributed by atoms with Gasteiger partial charge in [-0.1, -0.05) is 39.3 Å². The molecule has 0 radical (unpaired) electrons. The Morgan fingerprint density at radius 3 is 2.61 bits per heavy atom. The summed E-state index contributed by atoms with van der Waals surface area (Å²) in [5.74, 6) is 0.875. The summed E-state index contributed by atoms with van der Waals surface area (Å²) in [6, 6.07) is -0.515. The molecule has 2 saturated carbocycles. The van der Waals surface area contributed by atoms with Gasteiger partial charge in [0.25, 0.3) is 6.04 Å². The maximum absolute atomic E-state index is 12.9. The molecule has 0 aromatic heterocycles. The minimum atomic E-state index is -0.515. The largest absolute Gasteiger partial charge is 0.469 e. The van der Waals surface area contributed by atoms with Gasteiger partial charge < -0.3 is 9.58 Å². The third-order valence-corrected chi connectivity index (χ3v) is 8.46. The van der Waals surface area contributed by atoms with E-state index in [1.165, 1.54) is 12.7 Å². The molecule has 2 fully saturated rings. The fourth-order valence-corrected chi connectivity index (χ4v) is 7.04. The third-order valence-electron chi connectivity index (χ3n) is 8.46. The fourth-order valence-electron chi connectivity index (χ4n) is 7.04. The predicted octanol–water partition coefficient (Wildman–Crippen LogP) is 5.38. The predicted molar refractivity (Wildman–Crippen MR) is 109 cm³/mol. The number of ether oxygens (including phenoxy) is 1. The zero-order valence-electron chi connectivity index (χ0n) is 18.1. The van der Waals surface area contributed by atoms with Crippen LogP contribution in [0.3, 0.4) is 0 Å². The van der Waals surface area contributed by atoms with Crippen molar-refractivity contribution in [1.82, 2.24) is 0 Å². The number of ketones is 1. The van der Waals surface area contributed by atoms with Gasteiger partial charge in [-0.2, -0.15) is 0 Å². The molecule has 3 aliphatic carbocycles. The topological polar surface area (TPSA) is 47.7 Å². The Labute approximate surface area is 169 Å². The summed E-state index contributed by atoms with van der Waals surface area (Å²) in [6.45, 7) is 16.5. The average molecular weight is 386 g/mol. The SMILES string of the molecule is [C-]#[N+]C1C[C@]2(C)C3=CCC[C@@H](CCCC(=O)OC)[C@]3(C)CC[C@H]2C(C)(C)C1=O. The van der Waals surface area contributed by atoms with Crippen molar-refractivity contribution in [2.75, 3.05) is 7.11 Å². The molecule has 3 rings (SSSR count).